The third-order valence-electron chi connectivity index (χ3n) is 4.61. The van der Waals surface area contributed by atoms with E-state index < -0.39 is 11.9 Å². The van der Waals surface area contributed by atoms with Crippen molar-refractivity contribution >= 4 is 104 Å². The van der Waals surface area contributed by atoms with Gasteiger partial charge in [0.15, 0.2) is 0 Å². The van der Waals surface area contributed by atoms with Gasteiger partial charge in [0.05, 0.1) is 0 Å². The van der Waals surface area contributed by atoms with Gasteiger partial charge in [-0.2, -0.15) is 50.5 Å². The Morgan fingerprint density at radius 2 is 0.944 bits per heavy atom. The zero-order valence-corrected chi connectivity index (χ0v) is 27.0. The van der Waals surface area contributed by atoms with Crippen LogP contribution in [0.25, 0.3) is 0 Å². The minimum Gasteiger partial charge on any atom is 2.00 e. The van der Waals surface area contributed by atoms with E-state index >= 15 is 0 Å². The second-order valence-electron chi connectivity index (χ2n) is 7.77. The van der Waals surface area contributed by atoms with Crippen molar-refractivity contribution in [3.05, 3.63) is 0 Å². The maximum absolute atomic E-state index is 11.2. The second-order valence-corrected chi connectivity index (χ2v) is 10.1. The van der Waals surface area contributed by atoms with Crippen LogP contribution in [0.5, 0.6) is 0 Å². The number of rotatable bonds is 20. The first-order valence-electron chi connectivity index (χ1n) is 11.6. The molecule has 0 aliphatic rings. The van der Waals surface area contributed by atoms with Crippen LogP contribution >= 0.6 is 50.5 Å². The van der Waals surface area contributed by atoms with Gasteiger partial charge < -0.3 is 30.4 Å². The summed E-state index contributed by atoms with van der Waals surface area (Å²) in [4.78, 5) is 42.7. The SMILES string of the molecule is O=C([O-])CCNC(=O)CCCCC(S)CCS.O=C([O-])CCNC(=O)CCCCC(S)CCS.[NaH].[Zn+2]. The van der Waals surface area contributed by atoms with E-state index in [1.54, 1.807) is 0 Å². The number of carbonyl (C=O) groups excluding carboxylic acids is 4. The molecule has 0 aromatic carbocycles. The average Bonchev–Trinajstić information content (AvgIpc) is 2.75. The molecule has 0 saturated heterocycles. The van der Waals surface area contributed by atoms with E-state index in [9.17, 15) is 29.4 Å². The molecule has 0 rings (SSSR count). The number of nitrogens with one attached hydrogen (secondary N) is 2. The average molecular weight is 646 g/mol. The molecule has 8 nitrogen and oxygen atoms in total. The topological polar surface area (TPSA) is 138 Å². The largest absolute Gasteiger partial charge is 2.00 e. The molecule has 0 spiro atoms. The van der Waals surface area contributed by atoms with Gasteiger partial charge in [0, 0.05) is 61.2 Å². The van der Waals surface area contributed by atoms with Gasteiger partial charge >= 0.3 is 49.0 Å². The quantitative estimate of drug-likeness (QED) is 0.0636. The Morgan fingerprint density at radius 3 is 1.22 bits per heavy atom. The van der Waals surface area contributed by atoms with E-state index in [-0.39, 0.29) is 86.8 Å². The van der Waals surface area contributed by atoms with E-state index in [4.69, 9.17) is 0 Å². The molecular weight excluding hydrogens is 605 g/mol. The minimum absolute atomic E-state index is 0. The minimum atomic E-state index is -1.14. The molecule has 2 unspecified atom stereocenters. The Bertz CT molecular complexity index is 535. The molecule has 0 saturated carbocycles. The van der Waals surface area contributed by atoms with E-state index in [0.717, 1.165) is 62.9 Å². The van der Waals surface area contributed by atoms with E-state index in [1.165, 1.54) is 0 Å². The third kappa shape index (κ3) is 37.1. The fourth-order valence-electron chi connectivity index (χ4n) is 2.70. The predicted molar refractivity (Wildman–Crippen MR) is 152 cm³/mol. The van der Waals surface area contributed by atoms with Crippen LogP contribution in [0.1, 0.15) is 77.0 Å². The molecule has 0 aliphatic carbocycles. The molecule has 0 radical (unpaired) electrons. The number of carbonyl (C=O) groups is 4. The smallest absolute Gasteiger partial charge is 2.00 e. The van der Waals surface area contributed by atoms with Crippen molar-refractivity contribution in [2.45, 2.75) is 87.5 Å². The summed E-state index contributed by atoms with van der Waals surface area (Å²) in [5.74, 6) is -0.826. The van der Waals surface area contributed by atoms with Gasteiger partial charge in [-0.25, -0.2) is 0 Å². The van der Waals surface area contributed by atoms with Gasteiger partial charge in [-0.1, -0.05) is 12.8 Å². The van der Waals surface area contributed by atoms with Crippen molar-refractivity contribution in [2.24, 2.45) is 0 Å². The van der Waals surface area contributed by atoms with Crippen LogP contribution < -0.4 is 20.8 Å². The summed E-state index contributed by atoms with van der Waals surface area (Å²) >= 11 is 17.0. The third-order valence-corrected chi connectivity index (χ3v) is 6.16. The summed E-state index contributed by atoms with van der Waals surface area (Å²) in [6, 6.07) is 0. The van der Waals surface area contributed by atoms with Gasteiger partial charge in [0.1, 0.15) is 0 Å². The number of aliphatic carboxylic acids is 2. The summed E-state index contributed by atoms with van der Waals surface area (Å²) in [5, 5.41) is 26.0. The number of thiol groups is 4. The molecule has 0 aromatic heterocycles. The van der Waals surface area contributed by atoms with Crippen LogP contribution in [0, 0.1) is 0 Å². The van der Waals surface area contributed by atoms with E-state index in [1.807, 2.05) is 0 Å². The maximum Gasteiger partial charge on any atom is 2.00 e. The molecular formula is C22H41N2NaO6S4Zn. The fourth-order valence-corrected chi connectivity index (χ4v) is 4.36. The number of unbranched alkanes of at least 4 members (excludes halogenated alkanes) is 2. The Labute approximate surface area is 273 Å². The summed E-state index contributed by atoms with van der Waals surface area (Å²) in [7, 11) is 0. The Balaban J connectivity index is -0.000000269. The maximum atomic E-state index is 11.2. The van der Waals surface area contributed by atoms with Crippen LogP contribution in [0.3, 0.4) is 0 Å². The Kier molecular flexibility index (Phi) is 39.2. The zero-order valence-electron chi connectivity index (χ0n) is 20.4. The van der Waals surface area contributed by atoms with Gasteiger partial charge in [-0.05, 0) is 50.0 Å². The molecule has 36 heavy (non-hydrogen) atoms. The molecule has 14 heteroatoms. The normalized spacial score (nSPS) is 11.4. The number of carboxylic acid groups (broad SMARTS) is 2. The molecule has 0 heterocycles. The fraction of sp³-hybridized carbons (Fsp3) is 0.818. The summed E-state index contributed by atoms with van der Waals surface area (Å²) in [6.45, 7) is 0.298. The molecule has 202 valence electrons. The number of amides is 2. The first-order valence-corrected chi connectivity index (χ1v) is 13.9. The van der Waals surface area contributed by atoms with Gasteiger partial charge in [-0.3, -0.25) is 9.59 Å². The number of carboxylic acids is 2. The van der Waals surface area contributed by atoms with Gasteiger partial charge in [-0.15, -0.1) is 0 Å². The molecule has 0 fully saturated rings. The van der Waals surface area contributed by atoms with Crippen molar-refractivity contribution in [3.63, 3.8) is 0 Å². The molecule has 0 aromatic rings. The molecule has 0 aliphatic heterocycles. The Morgan fingerprint density at radius 1 is 0.611 bits per heavy atom. The summed E-state index contributed by atoms with van der Waals surface area (Å²) < 4.78 is 0. The number of hydrogen-bond acceptors (Lipinski definition) is 10. The van der Waals surface area contributed by atoms with E-state index in [2.05, 4.69) is 61.1 Å². The monoisotopic (exact) mass is 644 g/mol. The van der Waals surface area contributed by atoms with Crippen LogP contribution in [0.2, 0.25) is 0 Å². The van der Waals surface area contributed by atoms with Crippen LogP contribution in [0.15, 0.2) is 0 Å². The number of hydrogen-bond donors (Lipinski definition) is 6. The predicted octanol–water partition coefficient (Wildman–Crippen LogP) is 0.192. The first-order chi connectivity index (χ1) is 16.1. The van der Waals surface area contributed by atoms with Crippen molar-refractivity contribution in [1.82, 2.24) is 10.6 Å². The molecule has 2 amide bonds. The van der Waals surface area contributed by atoms with Crippen LogP contribution in [-0.2, 0) is 38.7 Å². The van der Waals surface area contributed by atoms with Crippen molar-refractivity contribution in [3.8, 4) is 0 Å². The van der Waals surface area contributed by atoms with Crippen molar-refractivity contribution in [1.29, 1.82) is 0 Å². The second kappa shape index (κ2) is 32.1. The zero-order chi connectivity index (χ0) is 26.2. The molecule has 2 atom stereocenters. The van der Waals surface area contributed by atoms with Crippen molar-refractivity contribution < 1.29 is 48.9 Å². The summed E-state index contributed by atoms with van der Waals surface area (Å²) in [5.41, 5.74) is 0. The van der Waals surface area contributed by atoms with E-state index in [0.29, 0.717) is 23.3 Å². The first kappa shape index (κ1) is 43.9. The van der Waals surface area contributed by atoms with Crippen molar-refractivity contribution in [2.75, 3.05) is 24.6 Å². The Hall–Kier alpha value is 0.903. The molecule has 2 N–H and O–H groups in total. The molecule has 0 bridgehead atoms. The van der Waals surface area contributed by atoms with Crippen LogP contribution in [-0.4, -0.2) is 88.4 Å². The summed E-state index contributed by atoms with van der Waals surface area (Å²) in [6.07, 6.45) is 8.05. The van der Waals surface area contributed by atoms with Crippen LogP contribution in [0.4, 0.5) is 0 Å². The van der Waals surface area contributed by atoms with Gasteiger partial charge in [0.2, 0.25) is 11.8 Å². The standard InChI is InChI=1S/2C11H21NO3S2.Na.Zn.H/c2*13-10(12-7-5-11(14)15)4-2-1-3-9(17)6-8-16;;;/h2*9,16-17H,1-8H2,(H,12,13)(H,14,15);;;/q;;;+2;/p-2. The van der Waals surface area contributed by atoms with Gasteiger partial charge in [0.25, 0.3) is 0 Å².